The zero-order valence-corrected chi connectivity index (χ0v) is 18.3. The van der Waals surface area contributed by atoms with Gasteiger partial charge in [0.25, 0.3) is 10.0 Å². The first-order valence-corrected chi connectivity index (χ1v) is 11.3. The molecule has 148 valence electrons. The highest BCUT2D eigenvalue weighted by molar-refractivity contribution is 9.10. The summed E-state index contributed by atoms with van der Waals surface area (Å²) in [5.41, 5.74) is 2.72. The van der Waals surface area contributed by atoms with Gasteiger partial charge in [0.05, 0.1) is 11.2 Å². The SMILES string of the molecule is Cc1ccc2cccnc2c1S(=O)(=O)Nc1cc(Br)ccc1C#Cc1cccnc1. The van der Waals surface area contributed by atoms with E-state index in [-0.39, 0.29) is 4.90 Å². The van der Waals surface area contributed by atoms with Gasteiger partial charge in [0.2, 0.25) is 0 Å². The van der Waals surface area contributed by atoms with Crippen molar-refractivity contribution in [2.75, 3.05) is 4.72 Å². The maximum absolute atomic E-state index is 13.3. The van der Waals surface area contributed by atoms with E-state index in [1.54, 1.807) is 55.8 Å². The number of aromatic nitrogens is 2. The predicted molar refractivity (Wildman–Crippen MR) is 122 cm³/mol. The van der Waals surface area contributed by atoms with E-state index in [4.69, 9.17) is 0 Å². The maximum atomic E-state index is 13.3. The molecule has 0 saturated heterocycles. The number of fused-ring (bicyclic) bond motifs is 1. The molecule has 0 aliphatic carbocycles. The standard InChI is InChI=1S/C23H16BrN3O2S/c1-16-6-8-19-5-3-13-26-22(19)23(16)30(28,29)27-21-14-20(24)11-10-18(21)9-7-17-4-2-12-25-15-17/h2-6,8,10-15,27H,1H3. The van der Waals surface area contributed by atoms with Gasteiger partial charge in [-0.3, -0.25) is 14.7 Å². The molecule has 0 fully saturated rings. The monoisotopic (exact) mass is 477 g/mol. The molecule has 0 saturated carbocycles. The molecule has 30 heavy (non-hydrogen) atoms. The highest BCUT2D eigenvalue weighted by atomic mass is 79.9. The molecule has 4 aromatic rings. The molecule has 4 rings (SSSR count). The van der Waals surface area contributed by atoms with Crippen LogP contribution in [0, 0.1) is 18.8 Å². The summed E-state index contributed by atoms with van der Waals surface area (Å²) < 4.78 is 30.1. The zero-order valence-electron chi connectivity index (χ0n) is 15.9. The van der Waals surface area contributed by atoms with Crippen molar-refractivity contribution in [2.45, 2.75) is 11.8 Å². The highest BCUT2D eigenvalue weighted by Gasteiger charge is 2.22. The van der Waals surface area contributed by atoms with Crippen molar-refractivity contribution < 1.29 is 8.42 Å². The number of benzene rings is 2. The summed E-state index contributed by atoms with van der Waals surface area (Å²) in [5.74, 6) is 6.04. The van der Waals surface area contributed by atoms with Crippen LogP contribution < -0.4 is 4.72 Å². The lowest BCUT2D eigenvalue weighted by Gasteiger charge is -2.14. The molecule has 0 atom stereocenters. The minimum Gasteiger partial charge on any atom is -0.278 e. The summed E-state index contributed by atoms with van der Waals surface area (Å²) in [7, 11) is -3.91. The second kappa shape index (κ2) is 8.27. The molecule has 2 heterocycles. The lowest BCUT2D eigenvalue weighted by molar-refractivity contribution is 0.601. The Morgan fingerprint density at radius 3 is 2.63 bits per heavy atom. The number of sulfonamides is 1. The van der Waals surface area contributed by atoms with Crippen LogP contribution in [0.4, 0.5) is 5.69 Å². The summed E-state index contributed by atoms with van der Waals surface area (Å²) in [4.78, 5) is 8.50. The van der Waals surface area contributed by atoms with Crippen LogP contribution in [0.15, 0.2) is 82.6 Å². The number of pyridine rings is 2. The lowest BCUT2D eigenvalue weighted by Crippen LogP contribution is -2.16. The number of nitrogens with one attached hydrogen (secondary N) is 1. The van der Waals surface area contributed by atoms with Gasteiger partial charge >= 0.3 is 0 Å². The van der Waals surface area contributed by atoms with Gasteiger partial charge in [0.1, 0.15) is 4.90 Å². The van der Waals surface area contributed by atoms with Crippen LogP contribution in [0.3, 0.4) is 0 Å². The van der Waals surface area contributed by atoms with Gasteiger partial charge < -0.3 is 0 Å². The van der Waals surface area contributed by atoms with E-state index in [0.29, 0.717) is 22.3 Å². The molecular weight excluding hydrogens is 462 g/mol. The molecule has 1 N–H and O–H groups in total. The van der Waals surface area contributed by atoms with E-state index in [2.05, 4.69) is 42.5 Å². The molecule has 0 unspecified atom stereocenters. The fourth-order valence-electron chi connectivity index (χ4n) is 3.04. The summed E-state index contributed by atoms with van der Waals surface area (Å²) in [6.07, 6.45) is 4.91. The molecule has 0 radical (unpaired) electrons. The molecular formula is C23H16BrN3O2S. The first kappa shape index (κ1) is 20.1. The van der Waals surface area contributed by atoms with Gasteiger partial charge in [0.15, 0.2) is 0 Å². The van der Waals surface area contributed by atoms with Gasteiger partial charge in [-0.15, -0.1) is 0 Å². The number of aryl methyl sites for hydroxylation is 1. The Bertz CT molecular complexity index is 1410. The fraction of sp³-hybridized carbons (Fsp3) is 0.0435. The van der Waals surface area contributed by atoms with Crippen LogP contribution in [0.5, 0.6) is 0 Å². The summed E-state index contributed by atoms with van der Waals surface area (Å²) in [5, 5.41) is 0.759. The third-order valence-electron chi connectivity index (χ3n) is 4.42. The number of rotatable bonds is 3. The van der Waals surface area contributed by atoms with Gasteiger partial charge in [-0.2, -0.15) is 0 Å². The normalized spacial score (nSPS) is 11.0. The quantitative estimate of drug-likeness (QED) is 0.425. The first-order valence-electron chi connectivity index (χ1n) is 9.03. The molecule has 0 amide bonds. The third-order valence-corrected chi connectivity index (χ3v) is 6.46. The minimum absolute atomic E-state index is 0.159. The summed E-state index contributed by atoms with van der Waals surface area (Å²) in [6, 6.07) is 16.2. The van der Waals surface area contributed by atoms with Gasteiger partial charge in [-0.1, -0.05) is 46.0 Å². The van der Waals surface area contributed by atoms with E-state index < -0.39 is 10.0 Å². The van der Waals surface area contributed by atoms with Crippen molar-refractivity contribution in [3.8, 4) is 11.8 Å². The third kappa shape index (κ3) is 4.20. The van der Waals surface area contributed by atoms with Crippen molar-refractivity contribution in [2.24, 2.45) is 0 Å². The molecule has 2 aromatic heterocycles. The van der Waals surface area contributed by atoms with Crippen LogP contribution in [0.1, 0.15) is 16.7 Å². The van der Waals surface area contributed by atoms with E-state index >= 15 is 0 Å². The number of nitrogens with zero attached hydrogens (tertiary/aromatic N) is 2. The predicted octanol–water partition coefficient (Wildman–Crippen LogP) is 4.90. The van der Waals surface area contributed by atoms with Gasteiger partial charge in [0, 0.05) is 39.6 Å². The maximum Gasteiger partial charge on any atom is 0.264 e. The van der Waals surface area contributed by atoms with Crippen molar-refractivity contribution in [1.82, 2.24) is 9.97 Å². The smallest absolute Gasteiger partial charge is 0.264 e. The molecule has 0 bridgehead atoms. The Balaban J connectivity index is 1.79. The minimum atomic E-state index is -3.91. The summed E-state index contributed by atoms with van der Waals surface area (Å²) >= 11 is 3.41. The van der Waals surface area contributed by atoms with E-state index in [1.807, 2.05) is 24.3 Å². The Morgan fingerprint density at radius 2 is 1.83 bits per heavy atom. The average molecular weight is 478 g/mol. The summed E-state index contributed by atoms with van der Waals surface area (Å²) in [6.45, 7) is 1.76. The van der Waals surface area contributed by atoms with Crippen LogP contribution in [0.25, 0.3) is 10.9 Å². The largest absolute Gasteiger partial charge is 0.278 e. The van der Waals surface area contributed by atoms with Crippen molar-refractivity contribution in [1.29, 1.82) is 0 Å². The first-order chi connectivity index (χ1) is 14.4. The number of hydrogen-bond acceptors (Lipinski definition) is 4. The Hall–Kier alpha value is -3.21. The second-order valence-corrected chi connectivity index (χ2v) is 9.11. The van der Waals surface area contributed by atoms with Crippen LogP contribution in [-0.4, -0.2) is 18.4 Å². The number of anilines is 1. The van der Waals surface area contributed by atoms with Crippen molar-refractivity contribution in [3.63, 3.8) is 0 Å². The Kier molecular flexibility index (Phi) is 5.53. The van der Waals surface area contributed by atoms with E-state index in [0.717, 1.165) is 15.4 Å². The Labute approximate surface area is 183 Å². The van der Waals surface area contributed by atoms with Crippen LogP contribution >= 0.6 is 15.9 Å². The molecule has 0 aliphatic rings. The lowest BCUT2D eigenvalue weighted by atomic mass is 10.1. The number of hydrogen-bond donors (Lipinski definition) is 1. The fourth-order valence-corrected chi connectivity index (χ4v) is 4.88. The highest BCUT2D eigenvalue weighted by Crippen LogP contribution is 2.29. The van der Waals surface area contributed by atoms with E-state index in [1.165, 1.54) is 0 Å². The Morgan fingerprint density at radius 1 is 1.00 bits per heavy atom. The molecule has 0 aliphatic heterocycles. The average Bonchev–Trinajstić information content (AvgIpc) is 2.73. The number of halogens is 1. The topological polar surface area (TPSA) is 72.0 Å². The van der Waals surface area contributed by atoms with Gasteiger partial charge in [-0.05, 0) is 48.9 Å². The second-order valence-electron chi connectivity index (χ2n) is 6.57. The van der Waals surface area contributed by atoms with Crippen molar-refractivity contribution in [3.05, 3.63) is 94.4 Å². The van der Waals surface area contributed by atoms with E-state index in [9.17, 15) is 8.42 Å². The molecule has 2 aromatic carbocycles. The van der Waals surface area contributed by atoms with Crippen LogP contribution in [-0.2, 0) is 10.0 Å². The molecule has 7 heteroatoms. The molecule has 0 spiro atoms. The van der Waals surface area contributed by atoms with Crippen LogP contribution in [0.2, 0.25) is 0 Å². The van der Waals surface area contributed by atoms with Gasteiger partial charge in [-0.25, -0.2) is 8.42 Å². The molecule has 5 nitrogen and oxygen atoms in total. The zero-order chi connectivity index (χ0) is 21.1. The van der Waals surface area contributed by atoms with Crippen molar-refractivity contribution >= 4 is 42.5 Å².